The van der Waals surface area contributed by atoms with Gasteiger partial charge in [-0.15, -0.1) is 0 Å². The minimum absolute atomic E-state index is 0.0941. The van der Waals surface area contributed by atoms with Crippen LogP contribution in [0, 0.1) is 5.92 Å². The van der Waals surface area contributed by atoms with Gasteiger partial charge in [-0.3, -0.25) is 0 Å². The molecule has 2 N–H and O–H groups in total. The lowest BCUT2D eigenvalue weighted by molar-refractivity contribution is -0.181. The zero-order chi connectivity index (χ0) is 17.3. The van der Waals surface area contributed by atoms with E-state index in [-0.39, 0.29) is 5.92 Å². The molecule has 0 heterocycles. The van der Waals surface area contributed by atoms with Crippen molar-refractivity contribution in [3.8, 4) is 0 Å². The van der Waals surface area contributed by atoms with Crippen LogP contribution >= 0.6 is 0 Å². The highest BCUT2D eigenvalue weighted by molar-refractivity contribution is 5.89. The molecule has 132 valence electrons. The number of hydrogen-bond donors (Lipinski definition) is 2. The van der Waals surface area contributed by atoms with Crippen LogP contribution in [0.1, 0.15) is 51.4 Å². The van der Waals surface area contributed by atoms with Gasteiger partial charge >= 0.3 is 12.1 Å². The molecule has 23 heavy (non-hydrogen) atoms. The smallest absolute Gasteiger partial charge is 0.422 e. The molecule has 0 saturated heterocycles. The third kappa shape index (κ3) is 4.26. The monoisotopic (exact) mass is 336 g/mol. The molecule has 2 fully saturated rings. The topological polar surface area (TPSA) is 66.8 Å². The highest BCUT2D eigenvalue weighted by atomic mass is 19.4. The summed E-state index contributed by atoms with van der Waals surface area (Å²) in [5.74, 6) is -1.52. The molecule has 2 aliphatic rings. The zero-order valence-corrected chi connectivity index (χ0v) is 12.9. The molecular weight excluding hydrogens is 313 g/mol. The summed E-state index contributed by atoms with van der Waals surface area (Å²) in [5.41, 5.74) is -2.50. The number of alkyl halides is 3. The van der Waals surface area contributed by atoms with Crippen LogP contribution in [-0.2, 0) is 9.53 Å². The number of hydrogen-bond acceptors (Lipinski definition) is 4. The summed E-state index contributed by atoms with van der Waals surface area (Å²) < 4.78 is 43.3. The first-order valence-corrected chi connectivity index (χ1v) is 7.99. The number of ether oxygens (including phenoxy) is 1. The van der Waals surface area contributed by atoms with Gasteiger partial charge < -0.3 is 14.9 Å². The van der Waals surface area contributed by atoms with Gasteiger partial charge in [-0.1, -0.05) is 6.58 Å². The Morgan fingerprint density at radius 3 is 1.96 bits per heavy atom. The van der Waals surface area contributed by atoms with Crippen LogP contribution in [0.3, 0.4) is 0 Å². The summed E-state index contributed by atoms with van der Waals surface area (Å²) in [6, 6.07) is 0. The molecule has 0 unspecified atom stereocenters. The van der Waals surface area contributed by atoms with Crippen molar-refractivity contribution >= 4 is 5.97 Å². The molecule has 0 aromatic carbocycles. The van der Waals surface area contributed by atoms with Gasteiger partial charge in [0.1, 0.15) is 11.2 Å². The quantitative estimate of drug-likeness (QED) is 0.614. The maximum atomic E-state index is 12.7. The first-order valence-electron chi connectivity index (χ1n) is 7.99. The van der Waals surface area contributed by atoms with Crippen molar-refractivity contribution < 1.29 is 32.9 Å². The number of rotatable bonds is 3. The van der Waals surface area contributed by atoms with E-state index in [1.54, 1.807) is 0 Å². The maximum Gasteiger partial charge on any atom is 0.422 e. The predicted molar refractivity (Wildman–Crippen MR) is 76.5 cm³/mol. The van der Waals surface area contributed by atoms with Crippen molar-refractivity contribution in [3.63, 3.8) is 0 Å². The fraction of sp³-hybridized carbons (Fsp3) is 0.812. The maximum absolute atomic E-state index is 12.7. The number of carbonyl (C=O) groups is 1. The van der Waals surface area contributed by atoms with E-state index < -0.39 is 35.5 Å². The van der Waals surface area contributed by atoms with Crippen LogP contribution in [0.2, 0.25) is 0 Å². The van der Waals surface area contributed by atoms with E-state index in [0.29, 0.717) is 51.4 Å². The number of halogens is 3. The van der Waals surface area contributed by atoms with Gasteiger partial charge in [-0.25, -0.2) is 4.79 Å². The standard InChI is InChI=1S/C16H23F3O4/c1-10(16(17,18)19)14(22)23-15(8-6-13(21)7-9-15)11-2-4-12(20)5-3-11/h11-13,20-21H,1-9H2. The van der Waals surface area contributed by atoms with Crippen molar-refractivity contribution in [1.82, 2.24) is 0 Å². The Kier molecular flexibility index (Phi) is 5.41. The van der Waals surface area contributed by atoms with Crippen molar-refractivity contribution in [2.24, 2.45) is 5.92 Å². The lowest BCUT2D eigenvalue weighted by Crippen LogP contribution is -2.48. The van der Waals surface area contributed by atoms with E-state index in [4.69, 9.17) is 4.74 Å². The normalized spacial score (nSPS) is 35.6. The number of aliphatic hydroxyl groups excluding tert-OH is 2. The Bertz CT molecular complexity index is 445. The van der Waals surface area contributed by atoms with E-state index in [1.807, 2.05) is 0 Å². The minimum atomic E-state index is -4.81. The third-order valence-electron chi connectivity index (χ3n) is 5.13. The van der Waals surface area contributed by atoms with Crippen LogP contribution < -0.4 is 0 Å². The van der Waals surface area contributed by atoms with Gasteiger partial charge in [0.15, 0.2) is 0 Å². The SMILES string of the molecule is C=C(C(=O)OC1(C2CCC(O)CC2)CCC(O)CC1)C(F)(F)F. The fourth-order valence-electron chi connectivity index (χ4n) is 3.65. The van der Waals surface area contributed by atoms with Crippen molar-refractivity contribution in [3.05, 3.63) is 12.2 Å². The molecule has 7 heteroatoms. The van der Waals surface area contributed by atoms with Gasteiger partial charge in [0.05, 0.1) is 12.2 Å². The van der Waals surface area contributed by atoms with E-state index in [9.17, 15) is 28.2 Å². The number of aliphatic hydroxyl groups is 2. The lowest BCUT2D eigenvalue weighted by atomic mass is 9.68. The first kappa shape index (κ1) is 18.3. The summed E-state index contributed by atoms with van der Waals surface area (Å²) in [6.45, 7) is 2.81. The Hall–Kier alpha value is -1.08. The number of esters is 1. The molecule has 2 aliphatic carbocycles. The van der Waals surface area contributed by atoms with Gasteiger partial charge in [0.2, 0.25) is 0 Å². The summed E-state index contributed by atoms with van der Waals surface area (Å²) in [4.78, 5) is 11.9. The second-order valence-electron chi connectivity index (χ2n) is 6.67. The molecule has 0 aromatic heterocycles. The molecular formula is C16H23F3O4. The average molecular weight is 336 g/mol. The molecule has 0 radical (unpaired) electrons. The molecule has 0 atom stereocenters. The van der Waals surface area contributed by atoms with Gasteiger partial charge in [-0.2, -0.15) is 13.2 Å². The summed E-state index contributed by atoms with van der Waals surface area (Å²) in [7, 11) is 0. The molecule has 4 nitrogen and oxygen atoms in total. The molecule has 2 saturated carbocycles. The van der Waals surface area contributed by atoms with E-state index >= 15 is 0 Å². The van der Waals surface area contributed by atoms with Crippen LogP contribution in [0.15, 0.2) is 12.2 Å². The second kappa shape index (κ2) is 6.81. The molecule has 0 aromatic rings. The van der Waals surface area contributed by atoms with Crippen LogP contribution in [0.4, 0.5) is 13.2 Å². The Morgan fingerprint density at radius 1 is 1.00 bits per heavy atom. The largest absolute Gasteiger partial charge is 0.455 e. The molecule has 0 spiro atoms. The summed E-state index contributed by atoms with van der Waals surface area (Å²) in [6.07, 6.45) is -1.96. The summed E-state index contributed by atoms with van der Waals surface area (Å²) >= 11 is 0. The Morgan fingerprint density at radius 2 is 1.48 bits per heavy atom. The van der Waals surface area contributed by atoms with Crippen molar-refractivity contribution in [2.45, 2.75) is 75.4 Å². The average Bonchev–Trinajstić information content (AvgIpc) is 2.49. The molecule has 2 rings (SSSR count). The summed E-state index contributed by atoms with van der Waals surface area (Å²) in [5, 5.41) is 19.3. The third-order valence-corrected chi connectivity index (χ3v) is 5.13. The van der Waals surface area contributed by atoms with Gasteiger partial charge in [-0.05, 0) is 57.3 Å². The van der Waals surface area contributed by atoms with Gasteiger partial charge in [0.25, 0.3) is 0 Å². The molecule has 0 bridgehead atoms. The van der Waals surface area contributed by atoms with Crippen molar-refractivity contribution in [2.75, 3.05) is 0 Å². The Balaban J connectivity index is 2.14. The molecule has 0 amide bonds. The van der Waals surface area contributed by atoms with Crippen LogP contribution in [0.5, 0.6) is 0 Å². The fourth-order valence-corrected chi connectivity index (χ4v) is 3.65. The zero-order valence-electron chi connectivity index (χ0n) is 12.9. The van der Waals surface area contributed by atoms with Crippen LogP contribution in [0.25, 0.3) is 0 Å². The van der Waals surface area contributed by atoms with Gasteiger partial charge in [0, 0.05) is 0 Å². The number of carbonyl (C=O) groups excluding carboxylic acids is 1. The van der Waals surface area contributed by atoms with E-state index in [0.717, 1.165) is 0 Å². The van der Waals surface area contributed by atoms with E-state index in [1.165, 1.54) is 0 Å². The molecule has 0 aliphatic heterocycles. The van der Waals surface area contributed by atoms with Crippen LogP contribution in [-0.4, -0.2) is 40.2 Å². The minimum Gasteiger partial charge on any atom is -0.455 e. The van der Waals surface area contributed by atoms with E-state index in [2.05, 4.69) is 6.58 Å². The second-order valence-corrected chi connectivity index (χ2v) is 6.67. The first-order chi connectivity index (χ1) is 10.6. The Labute approximate surface area is 133 Å². The van der Waals surface area contributed by atoms with Crippen molar-refractivity contribution in [1.29, 1.82) is 0 Å². The highest BCUT2D eigenvalue weighted by Gasteiger charge is 2.48. The lowest BCUT2D eigenvalue weighted by Gasteiger charge is -2.46. The highest BCUT2D eigenvalue weighted by Crippen LogP contribution is 2.45. The predicted octanol–water partition coefficient (Wildman–Crippen LogP) is 2.87.